The van der Waals surface area contributed by atoms with E-state index < -0.39 is 79.2 Å². The van der Waals surface area contributed by atoms with Crippen LogP contribution in [0.3, 0.4) is 0 Å². The van der Waals surface area contributed by atoms with Crippen LogP contribution < -0.4 is 0 Å². The van der Waals surface area contributed by atoms with Crippen LogP contribution in [0.25, 0.3) is 10.8 Å². The SMILES string of the molecule is N#Cc1c(C#N)c(C(=O)O)c2c(C(=O)O)c(C#N)c(C#N)c(C(=O)O)c2c1C(=O)O. The van der Waals surface area contributed by atoms with E-state index in [0.29, 0.717) is 0 Å². The van der Waals surface area contributed by atoms with Crippen molar-refractivity contribution in [3.63, 3.8) is 0 Å². The topological polar surface area (TPSA) is 244 Å². The number of carboxylic acid groups (broad SMARTS) is 4. The average Bonchev–Trinajstić information content (AvgIpc) is 2.68. The fraction of sp³-hybridized carbons (Fsp3) is 0. The third kappa shape index (κ3) is 2.67. The Morgan fingerprint density at radius 2 is 0.633 bits per heavy atom. The second-order valence-electron chi connectivity index (χ2n) is 5.42. The number of hydrogen-bond donors (Lipinski definition) is 4. The molecule has 12 nitrogen and oxygen atoms in total. The van der Waals surface area contributed by atoms with Gasteiger partial charge in [-0.25, -0.2) is 19.2 Å². The number of hydrogen-bond acceptors (Lipinski definition) is 8. The van der Waals surface area contributed by atoms with Crippen LogP contribution in [0, 0.1) is 45.3 Å². The molecule has 0 aromatic heterocycles. The molecule has 30 heavy (non-hydrogen) atoms. The highest BCUT2D eigenvalue weighted by atomic mass is 16.4. The molecule has 0 aliphatic carbocycles. The summed E-state index contributed by atoms with van der Waals surface area (Å²) < 4.78 is 0. The van der Waals surface area contributed by atoms with Gasteiger partial charge in [-0.3, -0.25) is 0 Å². The molecular weight excluding hydrogens is 400 g/mol. The van der Waals surface area contributed by atoms with E-state index in [1.54, 1.807) is 0 Å². The van der Waals surface area contributed by atoms with Crippen LogP contribution in [0.15, 0.2) is 0 Å². The minimum atomic E-state index is -1.99. The van der Waals surface area contributed by atoms with Crippen molar-refractivity contribution < 1.29 is 39.6 Å². The number of aromatic carboxylic acids is 4. The van der Waals surface area contributed by atoms with Crippen LogP contribution in [0.5, 0.6) is 0 Å². The molecule has 4 N–H and O–H groups in total. The highest BCUT2D eigenvalue weighted by molar-refractivity contribution is 6.25. The maximum atomic E-state index is 11.9. The van der Waals surface area contributed by atoms with Gasteiger partial charge in [0.1, 0.15) is 24.3 Å². The molecule has 12 heteroatoms. The molecule has 2 aromatic carbocycles. The lowest BCUT2D eigenvalue weighted by Crippen LogP contribution is -2.18. The van der Waals surface area contributed by atoms with Crippen molar-refractivity contribution in [2.24, 2.45) is 0 Å². The van der Waals surface area contributed by atoms with Gasteiger partial charge in [0.25, 0.3) is 0 Å². The lowest BCUT2D eigenvalue weighted by Gasteiger charge is -2.17. The second-order valence-corrected chi connectivity index (χ2v) is 5.42. The van der Waals surface area contributed by atoms with E-state index in [9.17, 15) is 60.7 Å². The first kappa shape index (κ1) is 20.8. The van der Waals surface area contributed by atoms with Crippen molar-refractivity contribution in [1.82, 2.24) is 0 Å². The van der Waals surface area contributed by atoms with Crippen LogP contribution >= 0.6 is 0 Å². The number of carboxylic acids is 4. The number of fused-ring (bicyclic) bond motifs is 1. The van der Waals surface area contributed by atoms with Crippen molar-refractivity contribution in [3.05, 3.63) is 44.5 Å². The molecule has 0 saturated heterocycles. The first-order valence-corrected chi connectivity index (χ1v) is 7.36. The van der Waals surface area contributed by atoms with Crippen LogP contribution in [-0.2, 0) is 0 Å². The van der Waals surface area contributed by atoms with Crippen LogP contribution in [0.2, 0.25) is 0 Å². The fourth-order valence-electron chi connectivity index (χ4n) is 3.05. The van der Waals surface area contributed by atoms with Crippen molar-refractivity contribution in [2.75, 3.05) is 0 Å². The van der Waals surface area contributed by atoms with Crippen LogP contribution in [0.1, 0.15) is 63.7 Å². The smallest absolute Gasteiger partial charge is 0.337 e. The number of rotatable bonds is 4. The van der Waals surface area contributed by atoms with Gasteiger partial charge in [0.15, 0.2) is 0 Å². The van der Waals surface area contributed by atoms with Gasteiger partial charge < -0.3 is 20.4 Å². The minimum absolute atomic E-state index is 1.04. The number of nitriles is 4. The van der Waals surface area contributed by atoms with Crippen molar-refractivity contribution in [2.45, 2.75) is 0 Å². The Kier molecular flexibility index (Phi) is 5.06. The summed E-state index contributed by atoms with van der Waals surface area (Å²) >= 11 is 0. The van der Waals surface area contributed by atoms with Crippen molar-refractivity contribution in [1.29, 1.82) is 21.0 Å². The van der Waals surface area contributed by atoms with Gasteiger partial charge in [-0.05, 0) is 0 Å². The Morgan fingerprint density at radius 1 is 0.467 bits per heavy atom. The summed E-state index contributed by atoms with van der Waals surface area (Å²) in [6.45, 7) is 0. The normalized spacial score (nSPS) is 9.60. The quantitative estimate of drug-likeness (QED) is 0.559. The van der Waals surface area contributed by atoms with E-state index in [-0.39, 0.29) is 0 Å². The predicted molar refractivity (Wildman–Crippen MR) is 90.6 cm³/mol. The van der Waals surface area contributed by atoms with Crippen LogP contribution in [-0.4, -0.2) is 44.3 Å². The maximum absolute atomic E-state index is 11.9. The fourth-order valence-corrected chi connectivity index (χ4v) is 3.05. The molecule has 2 aromatic rings. The highest BCUT2D eigenvalue weighted by Gasteiger charge is 2.36. The standard InChI is InChI=1S/C18H4N4O8/c19-1-5-6(2-20)10(16(25)26)14-12(18(29)30)8(4-22)7(3-21)11(17(27)28)13(14)9(5)15(23)24/h(H,23,24)(H,25,26)(H,27,28)(H,29,30). The van der Waals surface area contributed by atoms with Gasteiger partial charge in [0.05, 0.1) is 44.5 Å². The van der Waals surface area contributed by atoms with Gasteiger partial charge in [0, 0.05) is 10.8 Å². The molecule has 144 valence electrons. The molecule has 0 aliphatic rings. The summed E-state index contributed by atoms with van der Waals surface area (Å²) in [6.07, 6.45) is 0. The van der Waals surface area contributed by atoms with Crippen molar-refractivity contribution in [3.8, 4) is 24.3 Å². The van der Waals surface area contributed by atoms with E-state index in [2.05, 4.69) is 0 Å². The Balaban J connectivity index is 3.74. The molecule has 0 atom stereocenters. The molecule has 0 aliphatic heterocycles. The summed E-state index contributed by atoms with van der Waals surface area (Å²) in [4.78, 5) is 47.4. The summed E-state index contributed by atoms with van der Waals surface area (Å²) in [7, 11) is 0. The zero-order valence-electron chi connectivity index (χ0n) is 14.2. The molecule has 0 fully saturated rings. The molecule has 2 rings (SSSR count). The molecule has 0 spiro atoms. The first-order valence-electron chi connectivity index (χ1n) is 7.36. The maximum Gasteiger partial charge on any atom is 0.337 e. The molecule has 0 radical (unpaired) electrons. The summed E-state index contributed by atoms with van der Waals surface area (Å²) in [5.74, 6) is -7.95. The zero-order chi connectivity index (χ0) is 22.9. The number of benzene rings is 2. The Morgan fingerprint density at radius 3 is 0.733 bits per heavy atom. The Bertz CT molecular complexity index is 1180. The first-order chi connectivity index (χ1) is 14.1. The third-order valence-electron chi connectivity index (χ3n) is 4.05. The van der Waals surface area contributed by atoms with Gasteiger partial charge in [-0.15, -0.1) is 0 Å². The monoisotopic (exact) mass is 404 g/mol. The Labute approximate surface area is 164 Å². The van der Waals surface area contributed by atoms with Crippen molar-refractivity contribution >= 4 is 34.6 Å². The van der Waals surface area contributed by atoms with Gasteiger partial charge in [0.2, 0.25) is 0 Å². The highest BCUT2D eigenvalue weighted by Crippen LogP contribution is 2.39. The lowest BCUT2D eigenvalue weighted by molar-refractivity contribution is 0.0674. The summed E-state index contributed by atoms with van der Waals surface area (Å²) in [5.41, 5.74) is -8.90. The molecule has 0 saturated carbocycles. The van der Waals surface area contributed by atoms with E-state index in [1.165, 1.54) is 24.3 Å². The van der Waals surface area contributed by atoms with Gasteiger partial charge >= 0.3 is 23.9 Å². The minimum Gasteiger partial charge on any atom is -0.478 e. The second kappa shape index (κ2) is 7.28. The molecule has 0 unspecified atom stereocenters. The average molecular weight is 404 g/mol. The predicted octanol–water partition coefficient (Wildman–Crippen LogP) is 1.12. The molecule has 0 heterocycles. The van der Waals surface area contributed by atoms with Gasteiger partial charge in [-0.1, -0.05) is 0 Å². The number of nitrogens with zero attached hydrogens (tertiary/aromatic N) is 4. The number of carbonyl (C=O) groups is 4. The molecule has 0 bridgehead atoms. The molecule has 0 amide bonds. The summed E-state index contributed by atoms with van der Waals surface area (Å²) in [6, 6.07) is 5.24. The van der Waals surface area contributed by atoms with Gasteiger partial charge in [-0.2, -0.15) is 21.0 Å². The van der Waals surface area contributed by atoms with E-state index in [0.717, 1.165) is 0 Å². The Hall–Kier alpha value is -5.46. The molecular formula is C18H4N4O8. The van der Waals surface area contributed by atoms with Crippen LogP contribution in [0.4, 0.5) is 0 Å². The largest absolute Gasteiger partial charge is 0.478 e. The third-order valence-corrected chi connectivity index (χ3v) is 4.05. The van der Waals surface area contributed by atoms with E-state index >= 15 is 0 Å². The zero-order valence-corrected chi connectivity index (χ0v) is 14.2. The van der Waals surface area contributed by atoms with E-state index in [4.69, 9.17) is 0 Å². The lowest BCUT2D eigenvalue weighted by atomic mass is 9.81. The van der Waals surface area contributed by atoms with E-state index in [1.807, 2.05) is 0 Å². The summed E-state index contributed by atoms with van der Waals surface area (Å²) in [5, 5.41) is 73.5.